The zero-order valence-corrected chi connectivity index (χ0v) is 19.7. The van der Waals surface area contributed by atoms with Crippen molar-refractivity contribution in [2.45, 2.75) is 44.0 Å². The van der Waals surface area contributed by atoms with Crippen molar-refractivity contribution in [2.24, 2.45) is 0 Å². The van der Waals surface area contributed by atoms with E-state index in [0.29, 0.717) is 31.1 Å². The molecule has 2 aromatic rings. The first-order valence-corrected chi connectivity index (χ1v) is 12.6. The second-order valence-electron chi connectivity index (χ2n) is 7.99. The maximum Gasteiger partial charge on any atom is 0.246 e. The minimum atomic E-state index is -3.46. The number of sulfonamides is 1. The number of hydrogen-bond donors (Lipinski definition) is 0. The second-order valence-corrected chi connectivity index (χ2v) is 9.93. The molecule has 1 aliphatic rings. The molecule has 0 unspecified atom stereocenters. The fraction of sp³-hybridized carbons (Fsp3) is 0.400. The van der Waals surface area contributed by atoms with Gasteiger partial charge in [0.15, 0.2) is 0 Å². The minimum Gasteiger partial charge on any atom is -0.494 e. The van der Waals surface area contributed by atoms with Crippen molar-refractivity contribution in [1.29, 1.82) is 0 Å². The summed E-state index contributed by atoms with van der Waals surface area (Å²) in [7, 11) is -1.71. The molecule has 1 saturated heterocycles. The number of amides is 1. The molecule has 0 aliphatic carbocycles. The molecule has 1 heterocycles. The predicted molar refractivity (Wildman–Crippen MR) is 127 cm³/mol. The normalized spacial score (nSPS) is 15.4. The van der Waals surface area contributed by atoms with Gasteiger partial charge in [0.1, 0.15) is 5.75 Å². The first-order chi connectivity index (χ1) is 15.4. The summed E-state index contributed by atoms with van der Waals surface area (Å²) < 4.78 is 32.8. The highest BCUT2D eigenvalue weighted by Gasteiger charge is 2.24. The smallest absolute Gasteiger partial charge is 0.246 e. The highest BCUT2D eigenvalue weighted by molar-refractivity contribution is 7.89. The summed E-state index contributed by atoms with van der Waals surface area (Å²) >= 11 is 0. The third-order valence-electron chi connectivity index (χ3n) is 5.53. The lowest BCUT2D eigenvalue weighted by Crippen LogP contribution is -2.31. The SMILES string of the molecule is CCOc1ccc(CN(C)C(=O)/C=C/c2ccc(S(=O)(=O)N3CCCCCC3)cc2)cc1. The number of ether oxygens (including phenoxy) is 1. The number of likely N-dealkylation sites (N-methyl/N-ethyl adjacent to an activating group) is 1. The molecule has 6 nitrogen and oxygen atoms in total. The Kier molecular flexibility index (Phi) is 8.47. The number of rotatable bonds is 8. The molecule has 1 aliphatic heterocycles. The van der Waals surface area contributed by atoms with Gasteiger partial charge in [-0.15, -0.1) is 0 Å². The Hall–Kier alpha value is -2.64. The van der Waals surface area contributed by atoms with Gasteiger partial charge in [-0.25, -0.2) is 8.42 Å². The van der Waals surface area contributed by atoms with E-state index >= 15 is 0 Å². The summed E-state index contributed by atoms with van der Waals surface area (Å²) in [5, 5.41) is 0. The molecule has 2 aromatic carbocycles. The molecular weight excluding hydrogens is 424 g/mol. The molecule has 3 rings (SSSR count). The number of carbonyl (C=O) groups is 1. The molecule has 0 aromatic heterocycles. The molecular formula is C25H32N2O4S. The van der Waals surface area contributed by atoms with Gasteiger partial charge in [0.05, 0.1) is 11.5 Å². The van der Waals surface area contributed by atoms with E-state index in [1.807, 2.05) is 31.2 Å². The molecule has 0 radical (unpaired) electrons. The van der Waals surface area contributed by atoms with E-state index in [9.17, 15) is 13.2 Å². The van der Waals surface area contributed by atoms with Crippen LogP contribution in [0, 0.1) is 0 Å². The highest BCUT2D eigenvalue weighted by Crippen LogP contribution is 2.21. The Morgan fingerprint density at radius 1 is 1.00 bits per heavy atom. The molecule has 7 heteroatoms. The van der Waals surface area contributed by atoms with Gasteiger partial charge in [-0.1, -0.05) is 37.1 Å². The van der Waals surface area contributed by atoms with Crippen molar-refractivity contribution >= 4 is 22.0 Å². The molecule has 0 atom stereocenters. The third kappa shape index (κ3) is 6.43. The predicted octanol–water partition coefficient (Wildman–Crippen LogP) is 4.32. The van der Waals surface area contributed by atoms with Crippen LogP contribution in [0.25, 0.3) is 6.08 Å². The van der Waals surface area contributed by atoms with Gasteiger partial charge >= 0.3 is 0 Å². The Balaban J connectivity index is 1.59. The Morgan fingerprint density at radius 2 is 1.62 bits per heavy atom. The number of benzene rings is 2. The average Bonchev–Trinajstić information content (AvgIpc) is 3.09. The van der Waals surface area contributed by atoms with Crippen molar-refractivity contribution in [1.82, 2.24) is 9.21 Å². The van der Waals surface area contributed by atoms with Gasteiger partial charge in [-0.3, -0.25) is 4.79 Å². The molecule has 1 amide bonds. The molecule has 1 fully saturated rings. The van der Waals surface area contributed by atoms with Crippen molar-refractivity contribution in [3.8, 4) is 5.75 Å². The lowest BCUT2D eigenvalue weighted by atomic mass is 10.2. The number of carbonyl (C=O) groups excluding carboxylic acids is 1. The summed E-state index contributed by atoms with van der Waals surface area (Å²) in [6.45, 7) is 4.21. The van der Waals surface area contributed by atoms with Crippen LogP contribution in [0.4, 0.5) is 0 Å². The number of hydrogen-bond acceptors (Lipinski definition) is 4. The van der Waals surface area contributed by atoms with Crippen LogP contribution >= 0.6 is 0 Å². The Bertz CT molecular complexity index is 1010. The summed E-state index contributed by atoms with van der Waals surface area (Å²) in [4.78, 5) is 14.4. The van der Waals surface area contributed by atoms with Gasteiger partial charge < -0.3 is 9.64 Å². The van der Waals surface area contributed by atoms with E-state index < -0.39 is 10.0 Å². The largest absolute Gasteiger partial charge is 0.494 e. The van der Waals surface area contributed by atoms with Crippen LogP contribution < -0.4 is 4.74 Å². The molecule has 0 spiro atoms. The van der Waals surface area contributed by atoms with Gasteiger partial charge in [0.2, 0.25) is 15.9 Å². The van der Waals surface area contributed by atoms with Gasteiger partial charge in [0.25, 0.3) is 0 Å². The van der Waals surface area contributed by atoms with Crippen molar-refractivity contribution in [3.05, 3.63) is 65.7 Å². The van der Waals surface area contributed by atoms with Crippen LogP contribution in [-0.2, 0) is 21.4 Å². The lowest BCUT2D eigenvalue weighted by Gasteiger charge is -2.19. The summed E-state index contributed by atoms with van der Waals surface area (Å²) in [6.07, 6.45) is 7.19. The molecule has 0 bridgehead atoms. The van der Waals surface area contributed by atoms with Crippen LogP contribution in [0.15, 0.2) is 59.5 Å². The minimum absolute atomic E-state index is 0.125. The molecule has 32 heavy (non-hydrogen) atoms. The van der Waals surface area contributed by atoms with E-state index in [-0.39, 0.29) is 5.91 Å². The quantitative estimate of drug-likeness (QED) is 0.555. The monoisotopic (exact) mass is 456 g/mol. The third-order valence-corrected chi connectivity index (χ3v) is 7.44. The number of nitrogens with zero attached hydrogens (tertiary/aromatic N) is 2. The molecule has 0 N–H and O–H groups in total. The Labute approximate surface area is 191 Å². The fourth-order valence-electron chi connectivity index (χ4n) is 3.69. The molecule has 0 saturated carbocycles. The molecule has 172 valence electrons. The summed E-state index contributed by atoms with van der Waals surface area (Å²) in [5.41, 5.74) is 1.79. The zero-order valence-electron chi connectivity index (χ0n) is 18.9. The summed E-state index contributed by atoms with van der Waals surface area (Å²) in [6, 6.07) is 14.4. The second kappa shape index (κ2) is 11.3. The van der Waals surface area contributed by atoms with Gasteiger partial charge in [0, 0.05) is 32.8 Å². The first-order valence-electron chi connectivity index (χ1n) is 11.2. The van der Waals surface area contributed by atoms with Crippen molar-refractivity contribution in [3.63, 3.8) is 0 Å². The van der Waals surface area contributed by atoms with E-state index in [0.717, 1.165) is 42.6 Å². The lowest BCUT2D eigenvalue weighted by molar-refractivity contribution is -0.125. The van der Waals surface area contributed by atoms with E-state index in [4.69, 9.17) is 4.74 Å². The van der Waals surface area contributed by atoms with Crippen LogP contribution in [-0.4, -0.2) is 50.3 Å². The maximum absolute atomic E-state index is 12.9. The highest BCUT2D eigenvalue weighted by atomic mass is 32.2. The average molecular weight is 457 g/mol. The van der Waals surface area contributed by atoms with Crippen LogP contribution in [0.5, 0.6) is 5.75 Å². The summed E-state index contributed by atoms with van der Waals surface area (Å²) in [5.74, 6) is 0.687. The first kappa shape index (κ1) is 24.0. The van der Waals surface area contributed by atoms with Gasteiger partial charge in [-0.2, -0.15) is 4.31 Å². The maximum atomic E-state index is 12.9. The fourth-order valence-corrected chi connectivity index (χ4v) is 5.20. The Morgan fingerprint density at radius 3 is 2.22 bits per heavy atom. The van der Waals surface area contributed by atoms with Crippen molar-refractivity contribution in [2.75, 3.05) is 26.7 Å². The van der Waals surface area contributed by atoms with Gasteiger partial charge in [-0.05, 0) is 61.2 Å². The van der Waals surface area contributed by atoms with Crippen LogP contribution in [0.3, 0.4) is 0 Å². The topological polar surface area (TPSA) is 66.9 Å². The zero-order chi connectivity index (χ0) is 23.0. The standard InChI is InChI=1S/C25H32N2O4S/c1-3-31-23-13-8-22(9-14-23)20-26(2)25(28)17-12-21-10-15-24(16-11-21)32(29,30)27-18-6-4-5-7-19-27/h8-17H,3-7,18-20H2,1-2H3/b17-12+. The van der Waals surface area contributed by atoms with Crippen LogP contribution in [0.1, 0.15) is 43.7 Å². The van der Waals surface area contributed by atoms with Crippen LogP contribution in [0.2, 0.25) is 0 Å². The van der Waals surface area contributed by atoms with E-state index in [1.165, 1.54) is 6.08 Å². The van der Waals surface area contributed by atoms with Crippen molar-refractivity contribution < 1.29 is 17.9 Å². The van der Waals surface area contributed by atoms with E-state index in [1.54, 1.807) is 46.6 Å². The van der Waals surface area contributed by atoms with E-state index in [2.05, 4.69) is 0 Å².